The van der Waals surface area contributed by atoms with Crippen LogP contribution in [0.2, 0.25) is 0 Å². The highest BCUT2D eigenvalue weighted by molar-refractivity contribution is 8.00. The van der Waals surface area contributed by atoms with Crippen molar-refractivity contribution in [1.82, 2.24) is 21.3 Å². The van der Waals surface area contributed by atoms with Crippen LogP contribution in [0.25, 0.3) is 0 Å². The molecule has 2 aliphatic heterocycles. The van der Waals surface area contributed by atoms with Crippen LogP contribution in [0.4, 0.5) is 4.79 Å². The lowest BCUT2D eigenvalue weighted by atomic mass is 9.43. The summed E-state index contributed by atoms with van der Waals surface area (Å²) in [7, 11) is 0. The smallest absolute Gasteiger partial charge is 0.315 e. The van der Waals surface area contributed by atoms with E-state index in [-0.39, 0.29) is 146 Å². The first kappa shape index (κ1) is 71.6. The van der Waals surface area contributed by atoms with Crippen LogP contribution in [0, 0.1) is 46.3 Å². The number of hydrogen-bond acceptors (Lipinski definition) is 21. The molecular weight excluding hydrogens is 1130 g/mol. The molecule has 2 unspecified atom stereocenters. The first-order valence-corrected chi connectivity index (χ1v) is 33.3. The van der Waals surface area contributed by atoms with Crippen LogP contribution in [0.3, 0.4) is 0 Å². The van der Waals surface area contributed by atoms with Crippen LogP contribution in [-0.2, 0) is 76.1 Å². The molecule has 2 heterocycles. The first-order valence-electron chi connectivity index (χ1n) is 32.2. The number of fused-ring (bicyclic) bond motifs is 6. The van der Waals surface area contributed by atoms with E-state index in [9.17, 15) is 28.8 Å². The van der Waals surface area contributed by atoms with Crippen molar-refractivity contribution in [2.24, 2.45) is 63.5 Å². The van der Waals surface area contributed by atoms with E-state index >= 15 is 0 Å². The number of carbonyl (C=O) groups excluding carboxylic acids is 6. The molecule has 25 heteroatoms. The maximum atomic E-state index is 13.4. The molecule has 2 saturated heterocycles. The van der Waals surface area contributed by atoms with Crippen LogP contribution >= 0.6 is 11.8 Å². The van der Waals surface area contributed by atoms with Gasteiger partial charge in [-0.1, -0.05) is 27.2 Å². The van der Waals surface area contributed by atoms with Crippen LogP contribution in [0.1, 0.15) is 124 Å². The highest BCUT2D eigenvalue weighted by atomic mass is 32.2. The monoisotopic (exact) mass is 1240 g/mol. The number of esters is 3. The Bertz CT molecular complexity index is 2040. The molecule has 0 bridgehead atoms. The number of carbonyl (C=O) groups is 6. The zero-order valence-electron chi connectivity index (χ0n) is 51.9. The van der Waals surface area contributed by atoms with Gasteiger partial charge in [0.25, 0.3) is 0 Å². The Kier molecular flexibility index (Phi) is 32.4. The van der Waals surface area contributed by atoms with Gasteiger partial charge in [-0.15, -0.1) is 0 Å². The topological polar surface area (TPSA) is 330 Å². The normalized spacial score (nSPS) is 29.4. The lowest BCUT2D eigenvalue weighted by Crippen LogP contribution is -2.63. The maximum Gasteiger partial charge on any atom is 0.315 e. The zero-order chi connectivity index (χ0) is 61.6. The van der Waals surface area contributed by atoms with E-state index in [1.807, 2.05) is 11.8 Å². The molecule has 494 valence electrons. The minimum absolute atomic E-state index is 0.0301. The molecule has 0 aromatic carbocycles. The molecule has 24 nitrogen and oxygen atoms in total. The van der Waals surface area contributed by atoms with Crippen molar-refractivity contribution < 1.29 is 80.9 Å². The quantitative estimate of drug-likeness (QED) is 0.0199. The Labute approximate surface area is 514 Å². The number of amides is 4. The van der Waals surface area contributed by atoms with Crippen molar-refractivity contribution in [3.63, 3.8) is 0 Å². The van der Waals surface area contributed by atoms with E-state index in [0.717, 1.165) is 50.7 Å². The van der Waals surface area contributed by atoms with E-state index in [4.69, 9.17) is 69.3 Å². The van der Waals surface area contributed by atoms with Gasteiger partial charge in [-0.25, -0.2) is 4.79 Å². The van der Waals surface area contributed by atoms with Crippen molar-refractivity contribution in [2.45, 2.75) is 159 Å². The summed E-state index contributed by atoms with van der Waals surface area (Å²) < 4.78 is 63.5. The standard InChI is InChI=1S/C61H107N7O17S/c1-42(45-9-10-46-57-47(40-51(61(45,46)3)85-56(73)15-19-64)60(2)16-12-44(83-54(71)13-17-62)38-43(60)39-49(57)84-55(72)14-18-63)8-11-53(70)66-21-23-76-25-27-78-29-31-80-33-35-82-37-36-81-34-32-79-30-28-77-26-24-75-22-20-65-52(69)7-5-4-6-50-58-48(41-86-50)67-59(74)68-58/h42-51,57-58H,4-41,62-64H2,1-3H3,(H,65,69)(H,66,70)(H2,67,68,74)/t42-,43+,44-,45-,46+,47+,48?,49-,50+,51+,57+,58?,60+,61-/m1/s1. The fourth-order valence-electron chi connectivity index (χ4n) is 14.7. The molecule has 14 atom stereocenters. The van der Waals surface area contributed by atoms with Crippen LogP contribution in [0.15, 0.2) is 0 Å². The molecule has 4 saturated carbocycles. The van der Waals surface area contributed by atoms with Crippen LogP contribution in [0.5, 0.6) is 0 Å². The molecule has 0 spiro atoms. The number of ether oxygens (including phenoxy) is 11. The highest BCUT2D eigenvalue weighted by Gasteiger charge is 2.68. The maximum absolute atomic E-state index is 13.4. The molecular formula is C61H107N7O17S. The second kappa shape index (κ2) is 38.9. The minimum atomic E-state index is -0.426. The van der Waals surface area contributed by atoms with Crippen LogP contribution in [-0.4, -0.2) is 216 Å². The van der Waals surface area contributed by atoms with Crippen molar-refractivity contribution >= 4 is 47.5 Å². The fraction of sp³-hybridized carbons (Fsp3) is 0.902. The van der Waals surface area contributed by atoms with Gasteiger partial charge in [-0.3, -0.25) is 24.0 Å². The average Bonchev–Trinajstić information content (AvgIpc) is 1.26. The van der Waals surface area contributed by atoms with Gasteiger partial charge in [0, 0.05) is 67.9 Å². The lowest BCUT2D eigenvalue weighted by Gasteiger charge is -2.64. The van der Waals surface area contributed by atoms with Crippen molar-refractivity contribution in [3.8, 4) is 0 Å². The molecule has 6 aliphatic rings. The molecule has 86 heavy (non-hydrogen) atoms. The molecule has 6 fully saturated rings. The molecule has 0 aromatic heterocycles. The third-order valence-electron chi connectivity index (χ3n) is 19.0. The lowest BCUT2D eigenvalue weighted by molar-refractivity contribution is -0.225. The third-order valence-corrected chi connectivity index (χ3v) is 20.5. The number of nitrogens with two attached hydrogens (primary N) is 3. The third kappa shape index (κ3) is 22.5. The van der Waals surface area contributed by atoms with Gasteiger partial charge in [-0.2, -0.15) is 11.8 Å². The number of rotatable bonds is 45. The van der Waals surface area contributed by atoms with E-state index in [0.29, 0.717) is 163 Å². The Morgan fingerprint density at radius 1 is 0.593 bits per heavy atom. The van der Waals surface area contributed by atoms with Gasteiger partial charge in [-0.05, 0) is 99.2 Å². The second-order valence-electron chi connectivity index (χ2n) is 24.5. The summed E-state index contributed by atoms with van der Waals surface area (Å²) in [5.41, 5.74) is 16.8. The predicted octanol–water partition coefficient (Wildman–Crippen LogP) is 3.15. The zero-order valence-corrected chi connectivity index (χ0v) is 52.7. The summed E-state index contributed by atoms with van der Waals surface area (Å²) in [4.78, 5) is 76.0. The molecule has 4 aliphatic carbocycles. The van der Waals surface area contributed by atoms with E-state index in [2.05, 4.69) is 42.0 Å². The Morgan fingerprint density at radius 2 is 1.10 bits per heavy atom. The summed E-state index contributed by atoms with van der Waals surface area (Å²) >= 11 is 1.89. The first-order chi connectivity index (χ1) is 41.7. The fourth-order valence-corrected chi connectivity index (χ4v) is 16.2. The van der Waals surface area contributed by atoms with Crippen LogP contribution < -0.4 is 38.5 Å². The summed E-state index contributed by atoms with van der Waals surface area (Å²) in [6, 6.07) is 0.368. The number of unbranched alkanes of at least 4 members (excludes halogenated alkanes) is 1. The largest absolute Gasteiger partial charge is 0.462 e. The SMILES string of the molecule is C[C@H](CCC(=O)NCCOCCOCCOCCOCCOCCOCCOCCOCCNC(=O)CCCC[C@@H]1SCC2NC(=O)NC21)[C@H]1CC[C@H]2[C@@H]3[C@H](OC(=O)CCN)C[C@@H]4C[C@H](OC(=O)CCN)CC[C@]4(C)[C@H]3C[C@H](OC(=O)CCN)[C@]12C. The van der Waals surface area contributed by atoms with Gasteiger partial charge >= 0.3 is 23.9 Å². The second-order valence-corrected chi connectivity index (χ2v) is 25.8. The molecule has 0 radical (unpaired) electrons. The van der Waals surface area contributed by atoms with E-state index in [1.54, 1.807) is 0 Å². The van der Waals surface area contributed by atoms with Crippen molar-refractivity contribution in [3.05, 3.63) is 0 Å². The minimum Gasteiger partial charge on any atom is -0.462 e. The number of nitrogens with one attached hydrogen (secondary N) is 4. The summed E-state index contributed by atoms with van der Waals surface area (Å²) in [6.45, 7) is 15.2. The summed E-state index contributed by atoms with van der Waals surface area (Å²) in [5, 5.41) is 12.3. The van der Waals surface area contributed by atoms with E-state index < -0.39 is 5.41 Å². The number of urea groups is 1. The van der Waals surface area contributed by atoms with Gasteiger partial charge in [0.1, 0.15) is 18.3 Å². The highest BCUT2D eigenvalue weighted by Crippen LogP contribution is 2.69. The van der Waals surface area contributed by atoms with Gasteiger partial charge < -0.3 is 90.6 Å². The van der Waals surface area contributed by atoms with Gasteiger partial charge in [0.15, 0.2) is 0 Å². The molecule has 0 aromatic rings. The Hall–Kier alpha value is -3.47. The Morgan fingerprint density at radius 3 is 1.65 bits per heavy atom. The van der Waals surface area contributed by atoms with Gasteiger partial charge in [0.05, 0.1) is 137 Å². The van der Waals surface area contributed by atoms with Crippen molar-refractivity contribution in [1.29, 1.82) is 0 Å². The predicted molar refractivity (Wildman–Crippen MR) is 322 cm³/mol. The summed E-state index contributed by atoms with van der Waals surface area (Å²) in [5.74, 6) is 0.720. The summed E-state index contributed by atoms with van der Waals surface area (Å²) in [6.07, 6.45) is 9.12. The average molecular weight is 1240 g/mol. The molecule has 10 N–H and O–H groups in total. The molecule has 4 amide bonds. The molecule has 6 rings (SSSR count). The van der Waals surface area contributed by atoms with E-state index in [1.165, 1.54) is 0 Å². The number of hydrogen-bond donors (Lipinski definition) is 7. The van der Waals surface area contributed by atoms with Gasteiger partial charge in [0.2, 0.25) is 11.8 Å². The Balaban J connectivity index is 0.731. The van der Waals surface area contributed by atoms with Crippen molar-refractivity contribution in [2.75, 3.05) is 144 Å². The number of thioether (sulfide) groups is 1.